The highest BCUT2D eigenvalue weighted by molar-refractivity contribution is 7.89. The molecule has 2 rings (SSSR count). The van der Waals surface area contributed by atoms with Crippen molar-refractivity contribution >= 4 is 15.9 Å². The van der Waals surface area contributed by atoms with Crippen molar-refractivity contribution in [3.05, 3.63) is 58.7 Å². The number of amides is 1. The topological polar surface area (TPSA) is 84.5 Å². The first kappa shape index (κ1) is 19.9. The summed E-state index contributed by atoms with van der Waals surface area (Å²) in [5, 5.41) is 2.48. The number of carbonyl (C=O) groups is 1. The monoisotopic (exact) mass is 376 g/mol. The van der Waals surface area contributed by atoms with Crippen molar-refractivity contribution in [2.45, 2.75) is 31.7 Å². The summed E-state index contributed by atoms with van der Waals surface area (Å²) >= 11 is 0. The van der Waals surface area contributed by atoms with E-state index in [2.05, 4.69) is 10.0 Å². The quantitative estimate of drug-likeness (QED) is 0.812. The third-order valence-electron chi connectivity index (χ3n) is 4.18. The minimum Gasteiger partial charge on any atom is -0.496 e. The van der Waals surface area contributed by atoms with E-state index in [1.54, 1.807) is 6.92 Å². The van der Waals surface area contributed by atoms with Crippen molar-refractivity contribution in [3.8, 4) is 5.75 Å². The molecule has 2 aromatic carbocycles. The van der Waals surface area contributed by atoms with Crippen molar-refractivity contribution < 1.29 is 17.9 Å². The molecule has 7 heteroatoms. The van der Waals surface area contributed by atoms with Crippen molar-refractivity contribution in [3.63, 3.8) is 0 Å². The molecule has 0 radical (unpaired) electrons. The van der Waals surface area contributed by atoms with E-state index < -0.39 is 22.0 Å². The summed E-state index contributed by atoms with van der Waals surface area (Å²) in [6.07, 6.45) is 0. The van der Waals surface area contributed by atoms with Crippen molar-refractivity contribution in [2.75, 3.05) is 14.2 Å². The zero-order valence-corrected chi connectivity index (χ0v) is 16.4. The Morgan fingerprint density at radius 3 is 2.38 bits per heavy atom. The van der Waals surface area contributed by atoms with Gasteiger partial charge in [-0.2, -0.15) is 0 Å². The number of carbonyl (C=O) groups excluding carboxylic acids is 1. The molecule has 0 heterocycles. The minimum atomic E-state index is -3.81. The molecule has 0 aromatic heterocycles. The SMILES string of the molecule is CNC(=O)c1cc(S(=O)(=O)N[C@@H](C)c2ccc(C)cc2C)ccc1OC. The normalized spacial score (nSPS) is 12.5. The Morgan fingerprint density at radius 1 is 1.12 bits per heavy atom. The average Bonchev–Trinajstić information content (AvgIpc) is 2.59. The summed E-state index contributed by atoms with van der Waals surface area (Å²) in [5.41, 5.74) is 3.20. The van der Waals surface area contributed by atoms with Gasteiger partial charge in [-0.3, -0.25) is 4.79 Å². The molecule has 0 aliphatic carbocycles. The van der Waals surface area contributed by atoms with E-state index in [-0.39, 0.29) is 10.5 Å². The third-order valence-corrected chi connectivity index (χ3v) is 5.72. The van der Waals surface area contributed by atoms with E-state index in [0.29, 0.717) is 5.75 Å². The molecular formula is C19H24N2O4S. The smallest absolute Gasteiger partial charge is 0.254 e. The van der Waals surface area contributed by atoms with Crippen molar-refractivity contribution in [2.24, 2.45) is 0 Å². The molecule has 140 valence electrons. The zero-order valence-electron chi connectivity index (χ0n) is 15.6. The zero-order chi connectivity index (χ0) is 19.5. The molecular weight excluding hydrogens is 352 g/mol. The Kier molecular flexibility index (Phi) is 6.05. The van der Waals surface area contributed by atoms with Gasteiger partial charge in [0, 0.05) is 13.1 Å². The number of methoxy groups -OCH3 is 1. The summed E-state index contributed by atoms with van der Waals surface area (Å²) in [6, 6.07) is 9.67. The molecule has 0 spiro atoms. The van der Waals surface area contributed by atoms with E-state index in [0.717, 1.165) is 16.7 Å². The molecule has 0 unspecified atom stereocenters. The number of aryl methyl sites for hydroxylation is 2. The number of nitrogens with one attached hydrogen (secondary N) is 2. The van der Waals surface area contributed by atoms with Gasteiger partial charge in [0.2, 0.25) is 10.0 Å². The second-order valence-electron chi connectivity index (χ2n) is 6.14. The van der Waals surface area contributed by atoms with Crippen LogP contribution in [-0.4, -0.2) is 28.5 Å². The first-order valence-corrected chi connectivity index (χ1v) is 9.67. The number of ether oxygens (including phenoxy) is 1. The van der Waals surface area contributed by atoms with Crippen LogP contribution in [-0.2, 0) is 10.0 Å². The van der Waals surface area contributed by atoms with Crippen LogP contribution in [0.3, 0.4) is 0 Å². The van der Waals surface area contributed by atoms with Gasteiger partial charge in [-0.25, -0.2) is 13.1 Å². The number of hydrogen-bond donors (Lipinski definition) is 2. The van der Waals surface area contributed by atoms with Gasteiger partial charge in [0.1, 0.15) is 5.75 Å². The summed E-state index contributed by atoms with van der Waals surface area (Å²) in [4.78, 5) is 12.0. The first-order valence-electron chi connectivity index (χ1n) is 8.19. The first-order chi connectivity index (χ1) is 12.2. The van der Waals surface area contributed by atoms with Crippen LogP contribution < -0.4 is 14.8 Å². The van der Waals surface area contributed by atoms with Gasteiger partial charge in [0.05, 0.1) is 17.6 Å². The fourth-order valence-corrected chi connectivity index (χ4v) is 4.09. The van der Waals surface area contributed by atoms with Crippen LogP contribution >= 0.6 is 0 Å². The summed E-state index contributed by atoms with van der Waals surface area (Å²) in [5.74, 6) is -0.105. The highest BCUT2D eigenvalue weighted by Gasteiger charge is 2.22. The van der Waals surface area contributed by atoms with Crippen LogP contribution in [0, 0.1) is 13.8 Å². The molecule has 2 aromatic rings. The molecule has 0 aliphatic heterocycles. The Balaban J connectivity index is 2.36. The lowest BCUT2D eigenvalue weighted by Crippen LogP contribution is -2.28. The molecule has 0 fully saturated rings. The average molecular weight is 376 g/mol. The van der Waals surface area contributed by atoms with E-state index in [9.17, 15) is 13.2 Å². The van der Waals surface area contributed by atoms with Gasteiger partial charge < -0.3 is 10.1 Å². The fraction of sp³-hybridized carbons (Fsp3) is 0.316. The standard InChI is InChI=1S/C19H24N2O4S/c1-12-6-8-16(13(2)10-12)14(3)21-26(23,24)15-7-9-18(25-5)17(11-15)19(22)20-4/h6-11,14,21H,1-5H3,(H,20,22)/t14-/m0/s1. The molecule has 2 N–H and O–H groups in total. The lowest BCUT2D eigenvalue weighted by molar-refractivity contribution is 0.0960. The van der Waals surface area contributed by atoms with Crippen LogP contribution in [0.1, 0.15) is 40.0 Å². The van der Waals surface area contributed by atoms with Gasteiger partial charge in [-0.1, -0.05) is 23.8 Å². The maximum absolute atomic E-state index is 12.8. The van der Waals surface area contributed by atoms with Crippen LogP contribution in [0.25, 0.3) is 0 Å². The molecule has 0 bridgehead atoms. The van der Waals surface area contributed by atoms with E-state index in [1.807, 2.05) is 32.0 Å². The molecule has 26 heavy (non-hydrogen) atoms. The highest BCUT2D eigenvalue weighted by Crippen LogP contribution is 2.25. The summed E-state index contributed by atoms with van der Waals surface area (Å²) in [7, 11) is -0.907. The highest BCUT2D eigenvalue weighted by atomic mass is 32.2. The van der Waals surface area contributed by atoms with E-state index >= 15 is 0 Å². The van der Waals surface area contributed by atoms with E-state index in [1.165, 1.54) is 32.4 Å². The molecule has 0 aliphatic rings. The van der Waals surface area contributed by atoms with Crippen LogP contribution in [0.4, 0.5) is 0 Å². The van der Waals surface area contributed by atoms with Crippen LogP contribution in [0.15, 0.2) is 41.3 Å². The lowest BCUT2D eigenvalue weighted by atomic mass is 10.0. The van der Waals surface area contributed by atoms with Gasteiger partial charge in [0.25, 0.3) is 5.91 Å². The van der Waals surface area contributed by atoms with E-state index in [4.69, 9.17) is 4.74 Å². The van der Waals surface area contributed by atoms with Gasteiger partial charge >= 0.3 is 0 Å². The Hall–Kier alpha value is -2.38. The molecule has 6 nitrogen and oxygen atoms in total. The van der Waals surface area contributed by atoms with Gasteiger partial charge in [0.15, 0.2) is 0 Å². The molecule has 0 saturated heterocycles. The number of sulfonamides is 1. The molecule has 1 amide bonds. The Labute approximate surface area is 154 Å². The largest absolute Gasteiger partial charge is 0.496 e. The number of rotatable bonds is 6. The Bertz CT molecular complexity index is 923. The van der Waals surface area contributed by atoms with Gasteiger partial charge in [-0.05, 0) is 50.1 Å². The number of hydrogen-bond acceptors (Lipinski definition) is 4. The van der Waals surface area contributed by atoms with Crippen molar-refractivity contribution in [1.82, 2.24) is 10.0 Å². The predicted octanol–water partition coefficient (Wildman–Crippen LogP) is 2.71. The fourth-order valence-electron chi connectivity index (χ4n) is 2.84. The summed E-state index contributed by atoms with van der Waals surface area (Å²) in [6.45, 7) is 5.73. The van der Waals surface area contributed by atoms with Crippen LogP contribution in [0.2, 0.25) is 0 Å². The second-order valence-corrected chi connectivity index (χ2v) is 7.86. The minimum absolute atomic E-state index is 0.00788. The Morgan fingerprint density at radius 2 is 1.81 bits per heavy atom. The maximum Gasteiger partial charge on any atom is 0.254 e. The number of benzene rings is 2. The maximum atomic E-state index is 12.8. The second kappa shape index (κ2) is 7.88. The molecule has 0 saturated carbocycles. The lowest BCUT2D eigenvalue weighted by Gasteiger charge is -2.18. The summed E-state index contributed by atoms with van der Waals surface area (Å²) < 4.78 is 33.4. The molecule has 1 atom stereocenters. The van der Waals surface area contributed by atoms with Crippen LogP contribution in [0.5, 0.6) is 5.75 Å². The predicted molar refractivity (Wildman–Crippen MR) is 101 cm³/mol. The third kappa shape index (κ3) is 4.23. The van der Waals surface area contributed by atoms with Gasteiger partial charge in [-0.15, -0.1) is 0 Å². The van der Waals surface area contributed by atoms with Crippen molar-refractivity contribution in [1.29, 1.82) is 0 Å².